The van der Waals surface area contributed by atoms with Crippen LogP contribution in [0, 0.1) is 17.2 Å². The van der Waals surface area contributed by atoms with E-state index in [1.165, 1.54) is 18.9 Å². The Morgan fingerprint density at radius 1 is 1.39 bits per heavy atom. The quantitative estimate of drug-likeness (QED) is 0.288. The molecule has 1 aliphatic rings. The van der Waals surface area contributed by atoms with Crippen LogP contribution >= 0.6 is 24.0 Å². The van der Waals surface area contributed by atoms with Crippen molar-refractivity contribution >= 4 is 35.8 Å². The fourth-order valence-corrected chi connectivity index (χ4v) is 2.60. The highest BCUT2D eigenvalue weighted by Crippen LogP contribution is 2.30. The topological polar surface area (TPSA) is 74.8 Å². The molecule has 0 saturated heterocycles. The van der Waals surface area contributed by atoms with Gasteiger partial charge in [-0.2, -0.15) is 0 Å². The number of benzene rings is 1. The van der Waals surface area contributed by atoms with Gasteiger partial charge in [0.2, 0.25) is 5.91 Å². The zero-order valence-corrected chi connectivity index (χ0v) is 19.6. The first-order valence-electron chi connectivity index (χ1n) is 9.38. The first-order valence-corrected chi connectivity index (χ1v) is 9.38. The molecule has 1 aromatic rings. The number of amides is 1. The Bertz CT molecular complexity index is 693. The first-order chi connectivity index (χ1) is 12.8. The molecule has 0 aliphatic heterocycles. The molecule has 1 amide bonds. The Morgan fingerprint density at radius 3 is 2.61 bits per heavy atom. The van der Waals surface area contributed by atoms with E-state index < -0.39 is 5.41 Å². The highest BCUT2D eigenvalue weighted by Gasteiger charge is 2.27. The Hall–Kier alpha value is -1.58. The largest absolute Gasteiger partial charge is 0.490 e. The highest BCUT2D eigenvalue weighted by atomic mass is 127. The van der Waals surface area contributed by atoms with Gasteiger partial charge in [-0.3, -0.25) is 9.79 Å². The number of guanidine groups is 1. The van der Waals surface area contributed by atoms with E-state index >= 15 is 0 Å². The number of nitrogens with zero attached hydrogens (tertiary/aromatic N) is 1. The fourth-order valence-electron chi connectivity index (χ4n) is 2.60. The SMILES string of the molecule is CN=C(NCC(C)(C)C(=O)NC)NC(C)c1ccc(OCC2CC2)c(F)c1.I. The summed E-state index contributed by atoms with van der Waals surface area (Å²) in [5, 5.41) is 9.02. The molecule has 3 N–H and O–H groups in total. The van der Waals surface area contributed by atoms with Crippen molar-refractivity contribution in [2.75, 3.05) is 27.2 Å². The van der Waals surface area contributed by atoms with Crippen molar-refractivity contribution in [2.45, 2.75) is 39.7 Å². The van der Waals surface area contributed by atoms with Crippen molar-refractivity contribution in [3.63, 3.8) is 0 Å². The molecular weight excluding hydrogens is 474 g/mol. The van der Waals surface area contributed by atoms with Crippen LogP contribution < -0.4 is 20.7 Å². The van der Waals surface area contributed by atoms with E-state index in [-0.39, 0.29) is 41.7 Å². The second-order valence-corrected chi connectivity index (χ2v) is 7.70. The third-order valence-corrected chi connectivity index (χ3v) is 4.74. The average Bonchev–Trinajstić information content (AvgIpc) is 3.47. The van der Waals surface area contributed by atoms with E-state index in [0.29, 0.717) is 30.8 Å². The molecule has 1 saturated carbocycles. The molecule has 1 fully saturated rings. The number of rotatable bonds is 8. The fraction of sp³-hybridized carbons (Fsp3) is 0.600. The van der Waals surface area contributed by atoms with Gasteiger partial charge in [-0.1, -0.05) is 6.07 Å². The summed E-state index contributed by atoms with van der Waals surface area (Å²) >= 11 is 0. The van der Waals surface area contributed by atoms with Gasteiger partial charge >= 0.3 is 0 Å². The minimum Gasteiger partial charge on any atom is -0.490 e. The second kappa shape index (κ2) is 10.8. The zero-order valence-electron chi connectivity index (χ0n) is 17.3. The number of aliphatic imine (C=N–C) groups is 1. The van der Waals surface area contributed by atoms with Crippen molar-refractivity contribution in [3.8, 4) is 5.75 Å². The van der Waals surface area contributed by atoms with Crippen molar-refractivity contribution < 1.29 is 13.9 Å². The van der Waals surface area contributed by atoms with Crippen LogP contribution in [-0.2, 0) is 4.79 Å². The van der Waals surface area contributed by atoms with E-state index in [1.807, 2.05) is 26.8 Å². The van der Waals surface area contributed by atoms with Gasteiger partial charge in [0.1, 0.15) is 0 Å². The minimum atomic E-state index is -0.581. The average molecular weight is 506 g/mol. The number of ether oxygens (including phenoxy) is 1. The van der Waals surface area contributed by atoms with Crippen LogP contribution in [0.1, 0.15) is 45.2 Å². The van der Waals surface area contributed by atoms with Gasteiger partial charge in [0.15, 0.2) is 17.5 Å². The summed E-state index contributed by atoms with van der Waals surface area (Å²) in [4.78, 5) is 16.1. The summed E-state index contributed by atoms with van der Waals surface area (Å²) in [6, 6.07) is 4.86. The molecule has 158 valence electrons. The van der Waals surface area contributed by atoms with E-state index in [4.69, 9.17) is 4.74 Å². The summed E-state index contributed by atoms with van der Waals surface area (Å²) in [7, 11) is 3.27. The molecule has 0 heterocycles. The molecule has 8 heteroatoms. The van der Waals surface area contributed by atoms with Crippen LogP contribution in [-0.4, -0.2) is 39.1 Å². The summed E-state index contributed by atoms with van der Waals surface area (Å²) in [6.07, 6.45) is 2.34. The predicted molar refractivity (Wildman–Crippen MR) is 121 cm³/mol. The maximum absolute atomic E-state index is 14.3. The predicted octanol–water partition coefficient (Wildman–Crippen LogP) is 3.23. The normalized spacial score (nSPS) is 15.3. The number of halogens is 2. The van der Waals surface area contributed by atoms with Crippen molar-refractivity contribution in [1.29, 1.82) is 0 Å². The van der Waals surface area contributed by atoms with Gasteiger partial charge in [0.05, 0.1) is 18.1 Å². The molecular formula is C20H32FIN4O2. The summed E-state index contributed by atoms with van der Waals surface area (Å²) < 4.78 is 19.8. The third kappa shape index (κ3) is 7.10. The lowest BCUT2D eigenvalue weighted by molar-refractivity contribution is -0.128. The molecule has 1 unspecified atom stereocenters. The van der Waals surface area contributed by atoms with Gasteiger partial charge in [0.25, 0.3) is 0 Å². The molecule has 0 bridgehead atoms. The molecule has 1 aromatic carbocycles. The second-order valence-electron chi connectivity index (χ2n) is 7.70. The number of nitrogens with one attached hydrogen (secondary N) is 3. The summed E-state index contributed by atoms with van der Waals surface area (Å²) in [5.74, 6) is 1.02. The number of carbonyl (C=O) groups is 1. The lowest BCUT2D eigenvalue weighted by Gasteiger charge is -2.25. The monoisotopic (exact) mass is 506 g/mol. The van der Waals surface area contributed by atoms with Crippen molar-refractivity contribution in [2.24, 2.45) is 16.3 Å². The van der Waals surface area contributed by atoms with Crippen molar-refractivity contribution in [1.82, 2.24) is 16.0 Å². The molecule has 6 nitrogen and oxygen atoms in total. The standard InChI is InChI=1S/C20H31FN4O2.HI/c1-13(25-19(23-5)24-12-20(2,3)18(26)22-4)15-8-9-17(16(21)10-15)27-11-14-6-7-14;/h8-10,13-14H,6-7,11-12H2,1-5H3,(H,22,26)(H2,23,24,25);1H. The molecule has 0 spiro atoms. The molecule has 2 rings (SSSR count). The lowest BCUT2D eigenvalue weighted by Crippen LogP contribution is -2.47. The van der Waals surface area contributed by atoms with Gasteiger partial charge in [-0.15, -0.1) is 24.0 Å². The Balaban J connectivity index is 0.00000392. The van der Waals surface area contributed by atoms with Crippen molar-refractivity contribution in [3.05, 3.63) is 29.6 Å². The Kier molecular flexibility index (Phi) is 9.46. The van der Waals surface area contributed by atoms with Gasteiger partial charge < -0.3 is 20.7 Å². The highest BCUT2D eigenvalue weighted by molar-refractivity contribution is 14.0. The Labute approximate surface area is 184 Å². The van der Waals surface area contributed by atoms with E-state index in [1.54, 1.807) is 20.2 Å². The smallest absolute Gasteiger partial charge is 0.227 e. The maximum atomic E-state index is 14.3. The van der Waals surface area contributed by atoms with E-state index in [0.717, 1.165) is 5.56 Å². The molecule has 0 aromatic heterocycles. The van der Waals surface area contributed by atoms with Crippen LogP contribution in [0.2, 0.25) is 0 Å². The summed E-state index contributed by atoms with van der Waals surface area (Å²) in [5.41, 5.74) is 0.210. The number of hydrogen-bond donors (Lipinski definition) is 3. The lowest BCUT2D eigenvalue weighted by atomic mass is 9.92. The molecule has 1 aliphatic carbocycles. The van der Waals surface area contributed by atoms with Crippen LogP contribution in [0.25, 0.3) is 0 Å². The molecule has 0 radical (unpaired) electrons. The zero-order chi connectivity index (χ0) is 20.0. The van der Waals surface area contributed by atoms with Crippen LogP contribution in [0.15, 0.2) is 23.2 Å². The van der Waals surface area contributed by atoms with Crippen LogP contribution in [0.3, 0.4) is 0 Å². The molecule has 28 heavy (non-hydrogen) atoms. The summed E-state index contributed by atoms with van der Waals surface area (Å²) in [6.45, 7) is 6.63. The van der Waals surface area contributed by atoms with Gasteiger partial charge in [-0.05, 0) is 57.2 Å². The number of carbonyl (C=O) groups excluding carboxylic acids is 1. The Morgan fingerprint density at radius 2 is 2.07 bits per heavy atom. The van der Waals surface area contributed by atoms with Gasteiger partial charge in [-0.25, -0.2) is 4.39 Å². The van der Waals surface area contributed by atoms with Crippen LogP contribution in [0.4, 0.5) is 4.39 Å². The third-order valence-electron chi connectivity index (χ3n) is 4.74. The molecule has 1 atom stereocenters. The van der Waals surface area contributed by atoms with Gasteiger partial charge in [0, 0.05) is 20.6 Å². The number of hydrogen-bond acceptors (Lipinski definition) is 3. The van der Waals surface area contributed by atoms with Crippen LogP contribution in [0.5, 0.6) is 5.75 Å². The van der Waals surface area contributed by atoms with E-state index in [9.17, 15) is 9.18 Å². The first kappa shape index (κ1) is 24.5. The van der Waals surface area contributed by atoms with E-state index in [2.05, 4.69) is 20.9 Å². The minimum absolute atomic E-state index is 0. The maximum Gasteiger partial charge on any atom is 0.227 e.